The lowest BCUT2D eigenvalue weighted by molar-refractivity contribution is 0.568. The van der Waals surface area contributed by atoms with E-state index in [-0.39, 0.29) is 0 Å². The second kappa shape index (κ2) is 8.82. The van der Waals surface area contributed by atoms with Crippen LogP contribution >= 0.6 is 0 Å². The maximum atomic E-state index is 5.52. The third-order valence-corrected chi connectivity index (χ3v) is 7.75. The molecule has 0 aliphatic heterocycles. The van der Waals surface area contributed by atoms with Crippen LogP contribution in [0.5, 0.6) is 0 Å². The van der Waals surface area contributed by atoms with Crippen molar-refractivity contribution < 1.29 is 4.42 Å². The van der Waals surface area contributed by atoms with Crippen molar-refractivity contribution in [1.82, 2.24) is 19.1 Å². The number of imidazole rings is 1. The molecule has 4 aromatic carbocycles. The van der Waals surface area contributed by atoms with Gasteiger partial charge in [-0.05, 0) is 48.5 Å². The molecule has 4 aromatic heterocycles. The lowest BCUT2D eigenvalue weighted by Gasteiger charge is -2.15. The van der Waals surface area contributed by atoms with Crippen LogP contribution in [0.3, 0.4) is 0 Å². The lowest BCUT2D eigenvalue weighted by atomic mass is 10.0. The molecule has 5 heteroatoms. The van der Waals surface area contributed by atoms with Crippen molar-refractivity contribution in [2.75, 3.05) is 0 Å². The minimum Gasteiger partial charge on any atom is -0.472 e. The van der Waals surface area contributed by atoms with Gasteiger partial charge in [0, 0.05) is 46.3 Å². The van der Waals surface area contributed by atoms with Crippen molar-refractivity contribution in [3.8, 4) is 39.5 Å². The van der Waals surface area contributed by atoms with Gasteiger partial charge in [0.2, 0.25) is 0 Å². The quantitative estimate of drug-likeness (QED) is 0.235. The number of benzene rings is 4. The Morgan fingerprint density at radius 1 is 0.650 bits per heavy atom. The SMILES string of the molecule is Cn1c(-c2ccc3c4ccccc4n(-c4cc(-c5ccccn5)ccc4-c4ccoc4)c3c2)nc2ccccc21. The van der Waals surface area contributed by atoms with E-state index in [1.54, 1.807) is 12.5 Å². The van der Waals surface area contributed by atoms with Crippen LogP contribution in [0.15, 0.2) is 132 Å². The van der Waals surface area contributed by atoms with Gasteiger partial charge in [-0.25, -0.2) is 4.98 Å². The number of aromatic nitrogens is 4. The average molecular weight is 517 g/mol. The van der Waals surface area contributed by atoms with Crippen LogP contribution in [-0.2, 0) is 7.05 Å². The van der Waals surface area contributed by atoms with E-state index in [2.05, 4.69) is 100 Å². The van der Waals surface area contributed by atoms with Gasteiger partial charge in [0.15, 0.2) is 0 Å². The van der Waals surface area contributed by atoms with Crippen LogP contribution in [0.4, 0.5) is 0 Å². The number of para-hydroxylation sites is 3. The zero-order valence-electron chi connectivity index (χ0n) is 21.8. The van der Waals surface area contributed by atoms with Gasteiger partial charge >= 0.3 is 0 Å². The molecule has 40 heavy (non-hydrogen) atoms. The van der Waals surface area contributed by atoms with Crippen LogP contribution in [-0.4, -0.2) is 19.1 Å². The van der Waals surface area contributed by atoms with Crippen LogP contribution in [0.25, 0.3) is 72.3 Å². The second-order valence-corrected chi connectivity index (χ2v) is 10.0. The minimum atomic E-state index is 0.934. The van der Waals surface area contributed by atoms with Gasteiger partial charge < -0.3 is 13.6 Å². The fraction of sp³-hybridized carbons (Fsp3) is 0.0286. The second-order valence-electron chi connectivity index (χ2n) is 10.0. The monoisotopic (exact) mass is 516 g/mol. The number of hydrogen-bond acceptors (Lipinski definition) is 3. The van der Waals surface area contributed by atoms with Crippen molar-refractivity contribution in [2.24, 2.45) is 7.05 Å². The molecule has 5 nitrogen and oxygen atoms in total. The highest BCUT2D eigenvalue weighted by molar-refractivity contribution is 6.10. The van der Waals surface area contributed by atoms with E-state index < -0.39 is 0 Å². The molecule has 0 saturated heterocycles. The van der Waals surface area contributed by atoms with Crippen molar-refractivity contribution in [2.45, 2.75) is 0 Å². The summed E-state index contributed by atoms with van der Waals surface area (Å²) in [5.41, 5.74) is 10.6. The molecule has 0 atom stereocenters. The highest BCUT2D eigenvalue weighted by atomic mass is 16.3. The molecule has 0 spiro atoms. The molecule has 0 bridgehead atoms. The number of furan rings is 1. The normalized spacial score (nSPS) is 11.6. The van der Waals surface area contributed by atoms with Gasteiger partial charge in [-0.3, -0.25) is 4.98 Å². The summed E-state index contributed by atoms with van der Waals surface area (Å²) in [5, 5.41) is 2.40. The third kappa shape index (κ3) is 3.41. The number of aryl methyl sites for hydroxylation is 1. The topological polar surface area (TPSA) is 48.8 Å². The first kappa shape index (κ1) is 22.6. The fourth-order valence-electron chi connectivity index (χ4n) is 5.84. The van der Waals surface area contributed by atoms with E-state index in [9.17, 15) is 0 Å². The van der Waals surface area contributed by atoms with Gasteiger partial charge in [-0.2, -0.15) is 0 Å². The maximum Gasteiger partial charge on any atom is 0.140 e. The molecule has 0 aliphatic rings. The molecule has 8 aromatic rings. The molecule has 0 amide bonds. The number of nitrogens with zero attached hydrogens (tertiary/aromatic N) is 4. The van der Waals surface area contributed by atoms with Gasteiger partial charge in [0.1, 0.15) is 5.82 Å². The van der Waals surface area contributed by atoms with Crippen LogP contribution < -0.4 is 0 Å². The summed E-state index contributed by atoms with van der Waals surface area (Å²) < 4.78 is 10.1. The largest absolute Gasteiger partial charge is 0.472 e. The first-order chi connectivity index (χ1) is 19.8. The Balaban J connectivity index is 1.45. The predicted molar refractivity (Wildman–Crippen MR) is 161 cm³/mol. The van der Waals surface area contributed by atoms with Crippen molar-refractivity contribution in [3.05, 3.63) is 128 Å². The Morgan fingerprint density at radius 2 is 1.45 bits per heavy atom. The van der Waals surface area contributed by atoms with Crippen LogP contribution in [0.1, 0.15) is 0 Å². The summed E-state index contributed by atoms with van der Waals surface area (Å²) >= 11 is 0. The molecule has 4 heterocycles. The Bertz CT molecular complexity index is 2170. The van der Waals surface area contributed by atoms with E-state index in [1.807, 2.05) is 36.5 Å². The smallest absolute Gasteiger partial charge is 0.140 e. The first-order valence-corrected chi connectivity index (χ1v) is 13.3. The van der Waals surface area contributed by atoms with Gasteiger partial charge in [0.25, 0.3) is 0 Å². The molecule has 8 rings (SSSR count). The van der Waals surface area contributed by atoms with Gasteiger partial charge in [-0.15, -0.1) is 0 Å². The van der Waals surface area contributed by atoms with E-state index in [0.717, 1.165) is 61.5 Å². The Kier molecular flexibility index (Phi) is 4.97. The third-order valence-electron chi connectivity index (χ3n) is 7.75. The van der Waals surface area contributed by atoms with Gasteiger partial charge in [0.05, 0.1) is 46.0 Å². The van der Waals surface area contributed by atoms with Crippen LogP contribution in [0, 0.1) is 0 Å². The molecule has 0 unspecified atom stereocenters. The maximum absolute atomic E-state index is 5.52. The van der Waals surface area contributed by atoms with E-state index in [4.69, 9.17) is 9.40 Å². The van der Waals surface area contributed by atoms with Crippen molar-refractivity contribution in [3.63, 3.8) is 0 Å². The molecule has 0 radical (unpaired) electrons. The number of hydrogen-bond donors (Lipinski definition) is 0. The highest BCUT2D eigenvalue weighted by Gasteiger charge is 2.19. The Morgan fingerprint density at radius 3 is 2.27 bits per heavy atom. The Hall–Kier alpha value is -5.42. The lowest BCUT2D eigenvalue weighted by Crippen LogP contribution is -1.99. The highest BCUT2D eigenvalue weighted by Crippen LogP contribution is 2.39. The molecular formula is C35H24N4O. The first-order valence-electron chi connectivity index (χ1n) is 13.3. The van der Waals surface area contributed by atoms with E-state index in [1.165, 1.54) is 10.8 Å². The van der Waals surface area contributed by atoms with Gasteiger partial charge in [-0.1, -0.05) is 60.7 Å². The summed E-state index contributed by atoms with van der Waals surface area (Å²) in [6.45, 7) is 0. The zero-order valence-corrected chi connectivity index (χ0v) is 21.8. The summed E-state index contributed by atoms with van der Waals surface area (Å²) in [7, 11) is 2.08. The van der Waals surface area contributed by atoms with E-state index >= 15 is 0 Å². The summed E-state index contributed by atoms with van der Waals surface area (Å²) in [5.74, 6) is 0.942. The molecule has 0 saturated carbocycles. The summed E-state index contributed by atoms with van der Waals surface area (Å²) in [6, 6.07) is 38.1. The minimum absolute atomic E-state index is 0.934. The number of pyridine rings is 1. The fourth-order valence-corrected chi connectivity index (χ4v) is 5.84. The van der Waals surface area contributed by atoms with Crippen molar-refractivity contribution in [1.29, 1.82) is 0 Å². The van der Waals surface area contributed by atoms with Crippen LogP contribution in [0.2, 0.25) is 0 Å². The van der Waals surface area contributed by atoms with E-state index in [0.29, 0.717) is 0 Å². The summed E-state index contributed by atoms with van der Waals surface area (Å²) in [6.07, 6.45) is 5.36. The zero-order chi connectivity index (χ0) is 26.6. The number of rotatable bonds is 4. The number of fused-ring (bicyclic) bond motifs is 4. The molecule has 190 valence electrons. The van der Waals surface area contributed by atoms with Crippen molar-refractivity contribution >= 4 is 32.8 Å². The summed E-state index contributed by atoms with van der Waals surface area (Å²) in [4.78, 5) is 9.62. The molecular weight excluding hydrogens is 492 g/mol. The standard InChI is InChI=1S/C35H24N4O/c1-38-32-12-5-3-10-30(32)37-35(38)24-14-16-28-27-8-2-4-11-31(27)39(34(28)21-24)33-20-23(29-9-6-7-18-36-29)13-15-26(33)25-17-19-40-22-25/h2-22H,1H3. The molecule has 0 fully saturated rings. The average Bonchev–Trinajstić information content (AvgIpc) is 3.74. The predicted octanol–water partition coefficient (Wildman–Crippen LogP) is 8.66. The molecule has 0 aliphatic carbocycles. The Labute approximate surface area is 230 Å². The molecule has 0 N–H and O–H groups in total.